The molecule has 1 N–H and O–H groups in total. The van der Waals surface area contributed by atoms with Gasteiger partial charge in [-0.15, -0.1) is 0 Å². The second-order valence-corrected chi connectivity index (χ2v) is 6.60. The molecule has 0 radical (unpaired) electrons. The minimum atomic E-state index is -0.557. The summed E-state index contributed by atoms with van der Waals surface area (Å²) in [6, 6.07) is 4.21. The highest BCUT2D eigenvalue weighted by molar-refractivity contribution is 5.95. The van der Waals surface area contributed by atoms with Crippen LogP contribution in [0.5, 0.6) is 0 Å². The molecule has 0 spiro atoms. The Morgan fingerprint density at radius 2 is 2.14 bits per heavy atom. The monoisotopic (exact) mass is 386 g/mol. The van der Waals surface area contributed by atoms with Gasteiger partial charge in [0.15, 0.2) is 0 Å². The highest BCUT2D eigenvalue weighted by Crippen LogP contribution is 2.23. The number of hydrogen-bond acceptors (Lipinski definition) is 6. The van der Waals surface area contributed by atoms with Gasteiger partial charge in [0, 0.05) is 37.7 Å². The predicted molar refractivity (Wildman–Crippen MR) is 100 cm³/mol. The summed E-state index contributed by atoms with van der Waals surface area (Å²) >= 11 is 0. The summed E-state index contributed by atoms with van der Waals surface area (Å²) < 4.78 is 1.28. The number of benzene rings is 1. The molecule has 1 aliphatic rings. The maximum atomic E-state index is 12.3. The molecule has 0 aliphatic carbocycles. The highest BCUT2D eigenvalue weighted by Gasteiger charge is 2.20. The molecule has 1 aromatic carbocycles. The van der Waals surface area contributed by atoms with Crippen LogP contribution >= 0.6 is 0 Å². The van der Waals surface area contributed by atoms with E-state index in [1.165, 1.54) is 35.5 Å². The summed E-state index contributed by atoms with van der Waals surface area (Å²) in [6.07, 6.45) is 6.88. The van der Waals surface area contributed by atoms with Crippen molar-refractivity contribution in [3.05, 3.63) is 46.5 Å². The molecule has 0 atom stereocenters. The SMILES string of the molecule is O=C(NCCCN1CCCCCC1=O)c1ccc(-n2cncn2)c([N+](=O)[O-])c1. The second-order valence-electron chi connectivity index (χ2n) is 6.60. The van der Waals surface area contributed by atoms with Crippen LogP contribution in [0.4, 0.5) is 5.69 Å². The molecule has 1 aromatic heterocycles. The van der Waals surface area contributed by atoms with Gasteiger partial charge in [0.1, 0.15) is 18.3 Å². The second kappa shape index (κ2) is 9.07. The van der Waals surface area contributed by atoms with Crippen LogP contribution in [0.2, 0.25) is 0 Å². The smallest absolute Gasteiger partial charge is 0.295 e. The van der Waals surface area contributed by atoms with Crippen LogP contribution in [0.15, 0.2) is 30.9 Å². The number of hydrogen-bond donors (Lipinski definition) is 1. The number of carbonyl (C=O) groups is 2. The highest BCUT2D eigenvalue weighted by atomic mass is 16.6. The van der Waals surface area contributed by atoms with Crippen LogP contribution in [-0.2, 0) is 4.79 Å². The van der Waals surface area contributed by atoms with Gasteiger partial charge in [-0.1, -0.05) is 6.42 Å². The van der Waals surface area contributed by atoms with Crippen LogP contribution in [-0.4, -0.2) is 56.0 Å². The number of amides is 2. The largest absolute Gasteiger partial charge is 0.352 e. The number of nitro benzene ring substituents is 1. The molecule has 2 aromatic rings. The third-order valence-corrected chi connectivity index (χ3v) is 4.66. The molecule has 28 heavy (non-hydrogen) atoms. The predicted octanol–water partition coefficient (Wildman–Crippen LogP) is 1.70. The Balaban J connectivity index is 1.57. The van der Waals surface area contributed by atoms with Gasteiger partial charge in [-0.05, 0) is 31.4 Å². The first-order chi connectivity index (χ1) is 13.6. The molecular weight excluding hydrogens is 364 g/mol. The van der Waals surface area contributed by atoms with Gasteiger partial charge in [0.25, 0.3) is 11.6 Å². The van der Waals surface area contributed by atoms with Crippen LogP contribution in [0.25, 0.3) is 5.69 Å². The van der Waals surface area contributed by atoms with Crippen molar-refractivity contribution in [2.45, 2.75) is 32.1 Å². The van der Waals surface area contributed by atoms with Crippen molar-refractivity contribution in [2.75, 3.05) is 19.6 Å². The number of aromatic nitrogens is 3. The van der Waals surface area contributed by atoms with Crippen molar-refractivity contribution in [3.8, 4) is 5.69 Å². The molecule has 10 heteroatoms. The minimum absolute atomic E-state index is 0.170. The van der Waals surface area contributed by atoms with E-state index in [1.54, 1.807) is 0 Å². The lowest BCUT2D eigenvalue weighted by Crippen LogP contribution is -2.34. The summed E-state index contributed by atoms with van der Waals surface area (Å²) in [6.45, 7) is 1.76. The van der Waals surface area contributed by atoms with E-state index in [-0.39, 0.29) is 22.8 Å². The number of nitrogens with zero attached hydrogens (tertiary/aromatic N) is 5. The molecule has 2 amide bonds. The topological polar surface area (TPSA) is 123 Å². The minimum Gasteiger partial charge on any atom is -0.352 e. The van der Waals surface area contributed by atoms with E-state index in [2.05, 4.69) is 15.4 Å². The van der Waals surface area contributed by atoms with Crippen molar-refractivity contribution < 1.29 is 14.5 Å². The lowest BCUT2D eigenvalue weighted by molar-refractivity contribution is -0.384. The number of nitrogens with one attached hydrogen (secondary N) is 1. The molecule has 0 unspecified atom stereocenters. The van der Waals surface area contributed by atoms with Crippen LogP contribution in [0.1, 0.15) is 42.5 Å². The maximum absolute atomic E-state index is 12.3. The van der Waals surface area contributed by atoms with Crippen LogP contribution in [0, 0.1) is 10.1 Å². The third kappa shape index (κ3) is 4.70. The molecule has 1 fully saturated rings. The lowest BCUT2D eigenvalue weighted by Gasteiger charge is -2.20. The van der Waals surface area contributed by atoms with Gasteiger partial charge in [-0.25, -0.2) is 9.67 Å². The average molecular weight is 386 g/mol. The summed E-state index contributed by atoms with van der Waals surface area (Å²) in [5.41, 5.74) is 0.202. The van der Waals surface area contributed by atoms with Gasteiger partial charge >= 0.3 is 0 Å². The molecule has 1 saturated heterocycles. The van der Waals surface area contributed by atoms with E-state index >= 15 is 0 Å². The van der Waals surface area contributed by atoms with Crippen molar-refractivity contribution in [1.82, 2.24) is 25.0 Å². The Morgan fingerprint density at radius 3 is 2.89 bits per heavy atom. The molecule has 0 saturated carbocycles. The summed E-state index contributed by atoms with van der Waals surface area (Å²) in [5, 5.41) is 18.0. The Bertz CT molecular complexity index is 852. The Morgan fingerprint density at radius 1 is 1.29 bits per heavy atom. The van der Waals surface area contributed by atoms with Gasteiger partial charge in [0.05, 0.1) is 4.92 Å². The third-order valence-electron chi connectivity index (χ3n) is 4.66. The summed E-state index contributed by atoms with van der Waals surface area (Å²) in [5.74, 6) is -0.224. The first-order valence-corrected chi connectivity index (χ1v) is 9.25. The van der Waals surface area contributed by atoms with E-state index < -0.39 is 10.8 Å². The molecule has 148 valence electrons. The van der Waals surface area contributed by atoms with Gasteiger partial charge < -0.3 is 10.2 Å². The first kappa shape index (κ1) is 19.5. The quantitative estimate of drug-likeness (QED) is 0.439. The van der Waals surface area contributed by atoms with Crippen molar-refractivity contribution in [3.63, 3.8) is 0 Å². The Hall–Kier alpha value is -3.30. The fraction of sp³-hybridized carbons (Fsp3) is 0.444. The van der Waals surface area contributed by atoms with E-state index in [0.29, 0.717) is 25.9 Å². The van der Waals surface area contributed by atoms with Crippen molar-refractivity contribution in [1.29, 1.82) is 0 Å². The number of carbonyl (C=O) groups excluding carboxylic acids is 2. The molecule has 1 aliphatic heterocycles. The average Bonchev–Trinajstić information content (AvgIpc) is 3.15. The first-order valence-electron chi connectivity index (χ1n) is 9.25. The zero-order valence-corrected chi connectivity index (χ0v) is 15.4. The van der Waals surface area contributed by atoms with E-state index in [0.717, 1.165) is 25.8 Å². The maximum Gasteiger partial charge on any atom is 0.295 e. The molecule has 0 bridgehead atoms. The number of likely N-dealkylation sites (tertiary alicyclic amines) is 1. The summed E-state index contributed by atoms with van der Waals surface area (Å²) in [4.78, 5) is 40.7. The van der Waals surface area contributed by atoms with Crippen LogP contribution < -0.4 is 5.32 Å². The van der Waals surface area contributed by atoms with E-state index in [1.807, 2.05) is 4.90 Å². The fourth-order valence-corrected chi connectivity index (χ4v) is 3.19. The van der Waals surface area contributed by atoms with E-state index in [4.69, 9.17) is 0 Å². The normalized spacial score (nSPS) is 14.6. The lowest BCUT2D eigenvalue weighted by atomic mass is 10.1. The molecule has 10 nitrogen and oxygen atoms in total. The standard InChI is InChI=1S/C18H22N6O4/c25-17-5-2-1-3-9-22(17)10-4-8-20-18(26)14-6-7-15(16(11-14)24(27)28)23-13-19-12-21-23/h6-7,11-13H,1-5,8-10H2,(H,20,26). The molecule has 2 heterocycles. The number of rotatable bonds is 7. The van der Waals surface area contributed by atoms with Crippen molar-refractivity contribution in [2.24, 2.45) is 0 Å². The van der Waals surface area contributed by atoms with Gasteiger partial charge in [0.2, 0.25) is 5.91 Å². The zero-order chi connectivity index (χ0) is 19.9. The molecular formula is C18H22N6O4. The Kier molecular flexibility index (Phi) is 6.30. The van der Waals surface area contributed by atoms with Crippen molar-refractivity contribution >= 4 is 17.5 Å². The summed E-state index contributed by atoms with van der Waals surface area (Å²) in [7, 11) is 0. The molecule has 3 rings (SSSR count). The zero-order valence-electron chi connectivity index (χ0n) is 15.4. The Labute approximate surface area is 161 Å². The van der Waals surface area contributed by atoms with E-state index in [9.17, 15) is 19.7 Å². The van der Waals surface area contributed by atoms with Gasteiger partial charge in [-0.2, -0.15) is 5.10 Å². The van der Waals surface area contributed by atoms with Crippen LogP contribution in [0.3, 0.4) is 0 Å². The van der Waals surface area contributed by atoms with Gasteiger partial charge in [-0.3, -0.25) is 19.7 Å². The number of nitro groups is 1. The fourth-order valence-electron chi connectivity index (χ4n) is 3.19.